The first-order valence-corrected chi connectivity index (χ1v) is 10.1. The summed E-state index contributed by atoms with van der Waals surface area (Å²) in [5.41, 5.74) is -2.50. The highest BCUT2D eigenvalue weighted by Crippen LogP contribution is 2.67. The number of aliphatic hydroxyl groups is 2. The van der Waals surface area contributed by atoms with E-state index in [1.807, 2.05) is 6.92 Å². The first kappa shape index (κ1) is 18.3. The summed E-state index contributed by atoms with van der Waals surface area (Å²) in [5, 5.41) is 20.5. The van der Waals surface area contributed by atoms with Crippen LogP contribution in [0.5, 0.6) is 0 Å². The molecule has 4 fully saturated rings. The van der Waals surface area contributed by atoms with E-state index in [0.717, 1.165) is 25.7 Å². The number of carbonyl (C=O) groups excluding carboxylic acids is 3. The lowest BCUT2D eigenvalue weighted by atomic mass is 9.44. The van der Waals surface area contributed by atoms with E-state index in [1.54, 1.807) is 0 Å². The van der Waals surface area contributed by atoms with Crippen molar-refractivity contribution in [3.63, 3.8) is 0 Å². The number of hydrogen-bond acceptors (Lipinski definition) is 5. The van der Waals surface area contributed by atoms with Crippen LogP contribution in [0.25, 0.3) is 0 Å². The van der Waals surface area contributed by atoms with Gasteiger partial charge < -0.3 is 10.2 Å². The van der Waals surface area contributed by atoms with Crippen LogP contribution in [0, 0.1) is 34.5 Å². The summed E-state index contributed by atoms with van der Waals surface area (Å²) in [7, 11) is 0. The highest BCUT2D eigenvalue weighted by molar-refractivity contribution is 5.92. The predicted molar refractivity (Wildman–Crippen MR) is 94.2 cm³/mol. The summed E-state index contributed by atoms with van der Waals surface area (Å²) in [4.78, 5) is 37.6. The quantitative estimate of drug-likeness (QED) is 0.785. The highest BCUT2D eigenvalue weighted by Gasteiger charge is 2.68. The molecule has 26 heavy (non-hydrogen) atoms. The van der Waals surface area contributed by atoms with Gasteiger partial charge in [0.2, 0.25) is 0 Å². The summed E-state index contributed by atoms with van der Waals surface area (Å²) in [6.45, 7) is 3.40. The van der Waals surface area contributed by atoms with Crippen molar-refractivity contribution in [1.82, 2.24) is 0 Å². The Morgan fingerprint density at radius 3 is 2.58 bits per heavy atom. The Hall–Kier alpha value is -1.07. The van der Waals surface area contributed by atoms with Gasteiger partial charge in [0.25, 0.3) is 0 Å². The zero-order valence-electron chi connectivity index (χ0n) is 15.8. The van der Waals surface area contributed by atoms with E-state index >= 15 is 0 Å². The first-order chi connectivity index (χ1) is 12.2. The summed E-state index contributed by atoms with van der Waals surface area (Å²) in [6.07, 6.45) is 5.07. The number of fused-ring (bicyclic) bond motifs is 5. The van der Waals surface area contributed by atoms with E-state index in [4.69, 9.17) is 0 Å². The van der Waals surface area contributed by atoms with Crippen molar-refractivity contribution in [3.8, 4) is 0 Å². The van der Waals surface area contributed by atoms with Gasteiger partial charge in [-0.3, -0.25) is 14.4 Å². The molecule has 0 aromatic carbocycles. The minimum atomic E-state index is -1.59. The van der Waals surface area contributed by atoms with E-state index in [9.17, 15) is 24.6 Å². The molecule has 0 unspecified atom stereocenters. The molecule has 4 rings (SSSR count). The third kappa shape index (κ3) is 2.13. The molecular weight excluding hydrogens is 332 g/mol. The minimum Gasteiger partial charge on any atom is -0.388 e. The van der Waals surface area contributed by atoms with Crippen LogP contribution in [0.4, 0.5) is 0 Å². The van der Waals surface area contributed by atoms with Gasteiger partial charge in [0.1, 0.15) is 23.8 Å². The van der Waals surface area contributed by atoms with Crippen LogP contribution < -0.4 is 0 Å². The Morgan fingerprint density at radius 2 is 1.88 bits per heavy atom. The van der Waals surface area contributed by atoms with Crippen LogP contribution in [-0.4, -0.2) is 39.8 Å². The molecule has 4 saturated carbocycles. The molecule has 0 heterocycles. The lowest BCUT2D eigenvalue weighted by Gasteiger charge is -2.59. The Balaban J connectivity index is 1.71. The molecule has 0 bridgehead atoms. The molecule has 4 aliphatic carbocycles. The van der Waals surface area contributed by atoms with E-state index in [2.05, 4.69) is 6.92 Å². The van der Waals surface area contributed by atoms with Crippen LogP contribution in [0.2, 0.25) is 0 Å². The van der Waals surface area contributed by atoms with Crippen molar-refractivity contribution in [1.29, 1.82) is 0 Å². The Bertz CT molecular complexity index is 671. The molecule has 5 heteroatoms. The molecule has 0 radical (unpaired) electrons. The number of Topliss-reactive ketones (excluding diaryl/α,β-unsaturated/α-hetero) is 3. The Kier molecular flexibility index (Phi) is 4.02. The van der Waals surface area contributed by atoms with Crippen LogP contribution in [-0.2, 0) is 14.4 Å². The van der Waals surface area contributed by atoms with Gasteiger partial charge >= 0.3 is 0 Å². The maximum absolute atomic E-state index is 13.3. The molecule has 0 spiro atoms. The summed E-state index contributed by atoms with van der Waals surface area (Å²) in [6, 6.07) is 0. The van der Waals surface area contributed by atoms with Crippen molar-refractivity contribution >= 4 is 17.3 Å². The van der Waals surface area contributed by atoms with Crippen molar-refractivity contribution < 1.29 is 24.6 Å². The second-order valence-corrected chi connectivity index (χ2v) is 9.81. The molecule has 2 N–H and O–H groups in total. The summed E-state index contributed by atoms with van der Waals surface area (Å²) >= 11 is 0. The van der Waals surface area contributed by atoms with Gasteiger partial charge in [-0.05, 0) is 55.3 Å². The number of hydrogen-bond donors (Lipinski definition) is 2. The lowest BCUT2D eigenvalue weighted by Crippen LogP contribution is -2.62. The zero-order valence-corrected chi connectivity index (χ0v) is 15.8. The van der Waals surface area contributed by atoms with Crippen LogP contribution in [0.15, 0.2) is 0 Å². The first-order valence-electron chi connectivity index (χ1n) is 10.1. The summed E-state index contributed by atoms with van der Waals surface area (Å²) < 4.78 is 0. The average Bonchev–Trinajstić information content (AvgIpc) is 2.86. The van der Waals surface area contributed by atoms with Gasteiger partial charge in [-0.2, -0.15) is 0 Å². The second kappa shape index (κ2) is 5.71. The molecular formula is C21H30O5. The fraction of sp³-hybridized carbons (Fsp3) is 0.857. The fourth-order valence-electron chi connectivity index (χ4n) is 7.45. The molecule has 144 valence electrons. The maximum atomic E-state index is 13.3. The highest BCUT2D eigenvalue weighted by atomic mass is 16.3. The molecule has 7 atom stereocenters. The number of ketones is 3. The monoisotopic (exact) mass is 362 g/mol. The average molecular weight is 362 g/mol. The number of aliphatic hydroxyl groups excluding tert-OH is 1. The summed E-state index contributed by atoms with van der Waals surface area (Å²) in [5.74, 6) is 0.468. The maximum Gasteiger partial charge on any atom is 0.190 e. The second-order valence-electron chi connectivity index (χ2n) is 9.81. The fourth-order valence-corrected chi connectivity index (χ4v) is 7.45. The normalized spacial score (nSPS) is 50.8. The standard InChI is InChI=1S/C21H30O5/c1-19-7-5-13(23)9-12(19)3-4-14-15-6-8-21(26,17(25)11-22)20(15,2)10-16(24)18(14)19/h12,14-15,18,22,26H,3-11H2,1-2H3/t12-,14+,15+,18-,19+,20+,21+/m1/s1. The predicted octanol–water partition coefficient (Wildman–Crippen LogP) is 2.07. The molecule has 5 nitrogen and oxygen atoms in total. The zero-order chi connectivity index (χ0) is 18.9. The molecule has 0 aromatic heterocycles. The van der Waals surface area contributed by atoms with Gasteiger partial charge in [0.15, 0.2) is 5.78 Å². The smallest absolute Gasteiger partial charge is 0.190 e. The van der Waals surface area contributed by atoms with Gasteiger partial charge in [0, 0.05) is 30.6 Å². The molecule has 4 aliphatic rings. The molecule has 0 amide bonds. The largest absolute Gasteiger partial charge is 0.388 e. The third-order valence-electron chi connectivity index (χ3n) is 8.93. The van der Waals surface area contributed by atoms with Crippen molar-refractivity contribution in [2.75, 3.05) is 6.61 Å². The SMILES string of the molecule is C[C@]12CCC(=O)C[C@H]1CC[C@@H]1[C@@H]2C(=O)C[C@@]2(C)[C@H]1CC[C@]2(O)C(=O)CO. The van der Waals surface area contributed by atoms with E-state index in [0.29, 0.717) is 25.0 Å². The molecule has 0 aromatic rings. The van der Waals surface area contributed by atoms with E-state index in [-0.39, 0.29) is 41.3 Å². The van der Waals surface area contributed by atoms with Crippen molar-refractivity contribution in [3.05, 3.63) is 0 Å². The van der Waals surface area contributed by atoms with Crippen LogP contribution >= 0.6 is 0 Å². The van der Waals surface area contributed by atoms with Gasteiger partial charge in [0.05, 0.1) is 0 Å². The van der Waals surface area contributed by atoms with Gasteiger partial charge in [-0.1, -0.05) is 13.8 Å². The van der Waals surface area contributed by atoms with Crippen molar-refractivity contribution in [2.24, 2.45) is 34.5 Å². The Labute approximate surface area is 154 Å². The van der Waals surface area contributed by atoms with Gasteiger partial charge in [-0.25, -0.2) is 0 Å². The molecule has 0 saturated heterocycles. The number of rotatable bonds is 2. The van der Waals surface area contributed by atoms with Gasteiger partial charge in [-0.15, -0.1) is 0 Å². The third-order valence-corrected chi connectivity index (χ3v) is 8.93. The number of carbonyl (C=O) groups is 3. The van der Waals surface area contributed by atoms with E-state index < -0.39 is 23.4 Å². The Morgan fingerprint density at radius 1 is 1.15 bits per heavy atom. The van der Waals surface area contributed by atoms with E-state index in [1.165, 1.54) is 0 Å². The van der Waals surface area contributed by atoms with Crippen LogP contribution in [0.1, 0.15) is 65.2 Å². The lowest BCUT2D eigenvalue weighted by molar-refractivity contribution is -0.178. The van der Waals surface area contributed by atoms with Crippen LogP contribution in [0.3, 0.4) is 0 Å². The minimum absolute atomic E-state index is 0.0565. The topological polar surface area (TPSA) is 91.7 Å². The van der Waals surface area contributed by atoms with Crippen molar-refractivity contribution in [2.45, 2.75) is 70.8 Å². The molecule has 0 aliphatic heterocycles.